The molecular formula is C15H14N2O2. The van der Waals surface area contributed by atoms with Crippen molar-refractivity contribution in [3.63, 3.8) is 0 Å². The van der Waals surface area contributed by atoms with Crippen LogP contribution in [0.5, 0.6) is 11.5 Å². The number of hydrogen-bond acceptors (Lipinski definition) is 4. The SMILES string of the molecule is COc1cc(C(C#N)Nc2ccccc2)ccc1O. The average Bonchev–Trinajstić information content (AvgIpc) is 2.46. The van der Waals surface area contributed by atoms with Gasteiger partial charge in [-0.25, -0.2) is 0 Å². The number of para-hydroxylation sites is 1. The lowest BCUT2D eigenvalue weighted by atomic mass is 10.1. The summed E-state index contributed by atoms with van der Waals surface area (Å²) in [6, 6.07) is 16.0. The second kappa shape index (κ2) is 5.78. The molecular weight excluding hydrogens is 240 g/mol. The lowest BCUT2D eigenvalue weighted by Crippen LogP contribution is -2.08. The summed E-state index contributed by atoms with van der Waals surface area (Å²) in [6.07, 6.45) is 0. The highest BCUT2D eigenvalue weighted by Crippen LogP contribution is 2.30. The Morgan fingerprint density at radius 2 is 1.95 bits per heavy atom. The first-order chi connectivity index (χ1) is 9.24. The molecule has 0 aromatic heterocycles. The number of methoxy groups -OCH3 is 1. The molecule has 0 aliphatic rings. The molecule has 0 aliphatic heterocycles. The minimum absolute atomic E-state index is 0.0580. The van der Waals surface area contributed by atoms with Crippen LogP contribution in [0.1, 0.15) is 11.6 Å². The summed E-state index contributed by atoms with van der Waals surface area (Å²) in [5, 5.41) is 21.9. The number of nitrogens with one attached hydrogen (secondary N) is 1. The molecule has 2 rings (SSSR count). The van der Waals surface area contributed by atoms with Crippen molar-refractivity contribution in [2.75, 3.05) is 12.4 Å². The van der Waals surface area contributed by atoms with Crippen molar-refractivity contribution in [1.82, 2.24) is 0 Å². The summed E-state index contributed by atoms with van der Waals surface area (Å²) in [5.41, 5.74) is 1.60. The van der Waals surface area contributed by atoms with E-state index < -0.39 is 6.04 Å². The van der Waals surface area contributed by atoms with Gasteiger partial charge in [0.25, 0.3) is 0 Å². The van der Waals surface area contributed by atoms with Crippen LogP contribution in [0.25, 0.3) is 0 Å². The number of phenolic OH excluding ortho intramolecular Hbond substituents is 1. The lowest BCUT2D eigenvalue weighted by Gasteiger charge is -2.14. The van der Waals surface area contributed by atoms with Gasteiger partial charge < -0.3 is 15.2 Å². The summed E-state index contributed by atoms with van der Waals surface area (Å²) >= 11 is 0. The van der Waals surface area contributed by atoms with Crippen molar-refractivity contribution in [2.24, 2.45) is 0 Å². The molecule has 0 spiro atoms. The van der Waals surface area contributed by atoms with E-state index >= 15 is 0 Å². The number of aromatic hydroxyl groups is 1. The fourth-order valence-corrected chi connectivity index (χ4v) is 1.76. The molecule has 4 nitrogen and oxygen atoms in total. The minimum atomic E-state index is -0.503. The molecule has 0 fully saturated rings. The van der Waals surface area contributed by atoms with Crippen molar-refractivity contribution < 1.29 is 9.84 Å². The number of ether oxygens (including phenoxy) is 1. The molecule has 2 aromatic rings. The van der Waals surface area contributed by atoms with Crippen molar-refractivity contribution in [3.8, 4) is 17.6 Å². The van der Waals surface area contributed by atoms with Crippen LogP contribution in [0.4, 0.5) is 5.69 Å². The number of rotatable bonds is 4. The zero-order valence-corrected chi connectivity index (χ0v) is 10.5. The Labute approximate surface area is 111 Å². The van der Waals surface area contributed by atoms with Crippen LogP contribution in [0.15, 0.2) is 48.5 Å². The van der Waals surface area contributed by atoms with E-state index in [1.165, 1.54) is 13.2 Å². The third-order valence-electron chi connectivity index (χ3n) is 2.75. The molecule has 19 heavy (non-hydrogen) atoms. The fraction of sp³-hybridized carbons (Fsp3) is 0.133. The van der Waals surface area contributed by atoms with E-state index in [1.807, 2.05) is 30.3 Å². The van der Waals surface area contributed by atoms with Crippen LogP contribution < -0.4 is 10.1 Å². The molecule has 0 aliphatic carbocycles. The summed E-state index contributed by atoms with van der Waals surface area (Å²) < 4.78 is 5.04. The van der Waals surface area contributed by atoms with Gasteiger partial charge in [0, 0.05) is 5.69 Å². The van der Waals surface area contributed by atoms with E-state index in [0.717, 1.165) is 11.3 Å². The second-order valence-corrected chi connectivity index (χ2v) is 4.00. The Kier molecular flexibility index (Phi) is 3.89. The van der Waals surface area contributed by atoms with Gasteiger partial charge in [-0.1, -0.05) is 24.3 Å². The van der Waals surface area contributed by atoms with E-state index in [0.29, 0.717) is 5.75 Å². The highest BCUT2D eigenvalue weighted by atomic mass is 16.5. The third-order valence-corrected chi connectivity index (χ3v) is 2.75. The Hall–Kier alpha value is -2.67. The smallest absolute Gasteiger partial charge is 0.160 e. The van der Waals surface area contributed by atoms with E-state index in [-0.39, 0.29) is 5.75 Å². The molecule has 2 aromatic carbocycles. The standard InChI is InChI=1S/C15H14N2O2/c1-19-15-9-11(7-8-14(15)18)13(10-16)17-12-5-3-2-4-6-12/h2-9,13,17-18H,1H3. The van der Waals surface area contributed by atoms with Crippen LogP contribution >= 0.6 is 0 Å². The Bertz CT molecular complexity index is 591. The van der Waals surface area contributed by atoms with Gasteiger partial charge in [-0.15, -0.1) is 0 Å². The first-order valence-corrected chi connectivity index (χ1v) is 5.82. The van der Waals surface area contributed by atoms with E-state index in [9.17, 15) is 10.4 Å². The lowest BCUT2D eigenvalue weighted by molar-refractivity contribution is 0.373. The zero-order chi connectivity index (χ0) is 13.7. The van der Waals surface area contributed by atoms with Crippen LogP contribution in [0.3, 0.4) is 0 Å². The van der Waals surface area contributed by atoms with Crippen molar-refractivity contribution in [1.29, 1.82) is 5.26 Å². The number of anilines is 1. The van der Waals surface area contributed by atoms with Gasteiger partial charge in [0.1, 0.15) is 6.04 Å². The van der Waals surface area contributed by atoms with E-state index in [4.69, 9.17) is 4.74 Å². The fourth-order valence-electron chi connectivity index (χ4n) is 1.76. The maximum absolute atomic E-state index is 9.55. The quantitative estimate of drug-likeness (QED) is 0.880. The Morgan fingerprint density at radius 1 is 1.21 bits per heavy atom. The molecule has 0 saturated carbocycles. The number of benzene rings is 2. The number of nitrogens with zero attached hydrogens (tertiary/aromatic N) is 1. The topological polar surface area (TPSA) is 65.3 Å². The molecule has 1 unspecified atom stereocenters. The molecule has 0 radical (unpaired) electrons. The molecule has 0 bridgehead atoms. The summed E-state index contributed by atoms with van der Waals surface area (Å²) in [4.78, 5) is 0. The highest BCUT2D eigenvalue weighted by molar-refractivity contribution is 5.50. The van der Waals surface area contributed by atoms with Gasteiger partial charge in [0.15, 0.2) is 11.5 Å². The van der Waals surface area contributed by atoms with Crippen LogP contribution in [0.2, 0.25) is 0 Å². The maximum atomic E-state index is 9.55. The predicted molar refractivity (Wildman–Crippen MR) is 73.1 cm³/mol. The van der Waals surface area contributed by atoms with Gasteiger partial charge >= 0.3 is 0 Å². The van der Waals surface area contributed by atoms with Gasteiger partial charge in [-0.2, -0.15) is 5.26 Å². The Morgan fingerprint density at radius 3 is 2.58 bits per heavy atom. The van der Waals surface area contributed by atoms with E-state index in [1.54, 1.807) is 12.1 Å². The molecule has 1 atom stereocenters. The van der Waals surface area contributed by atoms with Crippen molar-refractivity contribution >= 4 is 5.69 Å². The number of hydrogen-bond donors (Lipinski definition) is 2. The van der Waals surface area contributed by atoms with Crippen LogP contribution in [-0.4, -0.2) is 12.2 Å². The summed E-state index contributed by atoms with van der Waals surface area (Å²) in [6.45, 7) is 0. The molecule has 0 heterocycles. The first kappa shape index (κ1) is 12.8. The minimum Gasteiger partial charge on any atom is -0.504 e. The zero-order valence-electron chi connectivity index (χ0n) is 10.5. The Balaban J connectivity index is 2.25. The van der Waals surface area contributed by atoms with Crippen LogP contribution in [-0.2, 0) is 0 Å². The van der Waals surface area contributed by atoms with Gasteiger partial charge in [-0.05, 0) is 29.8 Å². The van der Waals surface area contributed by atoms with Gasteiger partial charge in [-0.3, -0.25) is 0 Å². The van der Waals surface area contributed by atoms with Gasteiger partial charge in [0.2, 0.25) is 0 Å². The molecule has 4 heteroatoms. The predicted octanol–water partition coefficient (Wildman–Crippen LogP) is 3.08. The first-order valence-electron chi connectivity index (χ1n) is 5.82. The molecule has 96 valence electrons. The second-order valence-electron chi connectivity index (χ2n) is 4.00. The largest absolute Gasteiger partial charge is 0.504 e. The van der Waals surface area contributed by atoms with E-state index in [2.05, 4.69) is 11.4 Å². The maximum Gasteiger partial charge on any atom is 0.160 e. The van der Waals surface area contributed by atoms with Gasteiger partial charge in [0.05, 0.1) is 13.2 Å². The molecule has 0 saturated heterocycles. The number of nitriles is 1. The molecule has 0 amide bonds. The summed E-state index contributed by atoms with van der Waals surface area (Å²) in [5.74, 6) is 0.412. The molecule has 2 N–H and O–H groups in total. The average molecular weight is 254 g/mol. The highest BCUT2D eigenvalue weighted by Gasteiger charge is 2.12. The van der Waals surface area contributed by atoms with Crippen molar-refractivity contribution in [2.45, 2.75) is 6.04 Å². The monoisotopic (exact) mass is 254 g/mol. The third kappa shape index (κ3) is 2.96. The number of phenols is 1. The van der Waals surface area contributed by atoms with Crippen LogP contribution in [0, 0.1) is 11.3 Å². The normalized spacial score (nSPS) is 11.4. The summed E-state index contributed by atoms with van der Waals surface area (Å²) in [7, 11) is 1.48. The van der Waals surface area contributed by atoms with Crippen molar-refractivity contribution in [3.05, 3.63) is 54.1 Å².